The summed E-state index contributed by atoms with van der Waals surface area (Å²) in [7, 11) is 0. The lowest BCUT2D eigenvalue weighted by Gasteiger charge is -2.32. The number of anilines is 1. The van der Waals surface area contributed by atoms with Gasteiger partial charge in [0.1, 0.15) is 6.07 Å². The number of hydrogen-bond donors (Lipinski definition) is 2. The van der Waals surface area contributed by atoms with E-state index in [0.29, 0.717) is 18.5 Å². The molecule has 2 N–H and O–H groups in total. The molecule has 0 saturated carbocycles. The first-order valence-corrected chi connectivity index (χ1v) is 6.60. The monoisotopic (exact) mass is 314 g/mol. The Morgan fingerprint density at radius 2 is 2.06 bits per heavy atom. The zero-order valence-corrected chi connectivity index (χ0v) is 12.0. The Morgan fingerprint density at radius 3 is 2.50 bits per heavy atom. The number of hydrogen-bond acceptors (Lipinski definition) is 3. The Labute approximate surface area is 115 Å². The summed E-state index contributed by atoms with van der Waals surface area (Å²) < 4.78 is 14.2. The van der Waals surface area contributed by atoms with Gasteiger partial charge < -0.3 is 10.4 Å². The van der Waals surface area contributed by atoms with Gasteiger partial charge in [0.2, 0.25) is 0 Å². The number of benzene rings is 1. The molecule has 0 unspecified atom stereocenters. The second-order valence-corrected chi connectivity index (χ2v) is 4.96. The van der Waals surface area contributed by atoms with Crippen molar-refractivity contribution in [2.75, 3.05) is 11.9 Å². The molecule has 0 radical (unpaired) electrons. The number of nitriles is 1. The lowest BCUT2D eigenvalue weighted by atomic mass is 9.93. The van der Waals surface area contributed by atoms with E-state index in [4.69, 9.17) is 5.26 Å². The minimum atomic E-state index is -0.533. The number of aliphatic hydroxyl groups excluding tert-OH is 1. The largest absolute Gasteiger partial charge is 0.394 e. The van der Waals surface area contributed by atoms with E-state index in [9.17, 15) is 9.50 Å². The van der Waals surface area contributed by atoms with E-state index < -0.39 is 11.4 Å². The van der Waals surface area contributed by atoms with Crippen molar-refractivity contribution in [1.82, 2.24) is 0 Å². The average molecular weight is 315 g/mol. The summed E-state index contributed by atoms with van der Waals surface area (Å²) in [6.07, 6.45) is 1.36. The van der Waals surface area contributed by atoms with Gasteiger partial charge in [0.25, 0.3) is 0 Å². The fourth-order valence-corrected chi connectivity index (χ4v) is 2.14. The maximum atomic E-state index is 14.0. The first-order chi connectivity index (χ1) is 8.53. The van der Waals surface area contributed by atoms with Gasteiger partial charge in [0.05, 0.1) is 27.9 Å². The maximum absolute atomic E-state index is 14.0. The SMILES string of the molecule is CCC(CC)(CO)Nc1ccc(C#N)c(Br)c1F. The topological polar surface area (TPSA) is 56.0 Å². The molecule has 0 heterocycles. The van der Waals surface area contributed by atoms with E-state index in [1.54, 1.807) is 6.07 Å². The van der Waals surface area contributed by atoms with Crippen molar-refractivity contribution in [1.29, 1.82) is 5.26 Å². The molecule has 1 rings (SSSR count). The number of halogens is 2. The van der Waals surface area contributed by atoms with Crippen LogP contribution in [0.25, 0.3) is 0 Å². The van der Waals surface area contributed by atoms with Gasteiger partial charge in [-0.1, -0.05) is 13.8 Å². The fraction of sp³-hybridized carbons (Fsp3) is 0.462. The highest BCUT2D eigenvalue weighted by Crippen LogP contribution is 2.30. The van der Waals surface area contributed by atoms with Crippen molar-refractivity contribution in [2.45, 2.75) is 32.2 Å². The van der Waals surface area contributed by atoms with Gasteiger partial charge in [-0.25, -0.2) is 4.39 Å². The molecule has 0 saturated heterocycles. The third kappa shape index (κ3) is 2.82. The standard InChI is InChI=1S/C13H16BrFN2O/c1-3-13(4-2,8-18)17-10-6-5-9(7-16)11(14)12(10)15/h5-6,17-18H,3-4,8H2,1-2H3. The summed E-state index contributed by atoms with van der Waals surface area (Å²) >= 11 is 3.06. The predicted molar refractivity (Wildman–Crippen MR) is 72.8 cm³/mol. The van der Waals surface area contributed by atoms with Crippen LogP contribution in [-0.4, -0.2) is 17.3 Å². The van der Waals surface area contributed by atoms with Gasteiger partial charge in [-0.2, -0.15) is 5.26 Å². The van der Waals surface area contributed by atoms with Gasteiger partial charge in [-0.15, -0.1) is 0 Å². The summed E-state index contributed by atoms with van der Waals surface area (Å²) in [5, 5.41) is 21.3. The zero-order valence-electron chi connectivity index (χ0n) is 10.4. The van der Waals surface area contributed by atoms with Crippen LogP contribution in [0, 0.1) is 17.1 Å². The van der Waals surface area contributed by atoms with Crippen LogP contribution in [0.5, 0.6) is 0 Å². The van der Waals surface area contributed by atoms with Crippen molar-refractivity contribution >= 4 is 21.6 Å². The Morgan fingerprint density at radius 1 is 1.44 bits per heavy atom. The number of aliphatic hydroxyl groups is 1. The van der Waals surface area contributed by atoms with E-state index in [-0.39, 0.29) is 16.6 Å². The molecule has 0 aromatic heterocycles. The second kappa shape index (κ2) is 6.17. The Balaban J connectivity index is 3.13. The lowest BCUT2D eigenvalue weighted by molar-refractivity contribution is 0.202. The molecule has 0 aliphatic rings. The molecule has 0 spiro atoms. The molecule has 5 heteroatoms. The van der Waals surface area contributed by atoms with Gasteiger partial charge in [-0.05, 0) is 40.9 Å². The molecule has 0 aliphatic carbocycles. The van der Waals surface area contributed by atoms with Gasteiger partial charge in [0.15, 0.2) is 5.82 Å². The quantitative estimate of drug-likeness (QED) is 0.875. The minimum Gasteiger partial charge on any atom is -0.394 e. The molecule has 18 heavy (non-hydrogen) atoms. The van der Waals surface area contributed by atoms with Crippen molar-refractivity contribution in [3.63, 3.8) is 0 Å². The second-order valence-electron chi connectivity index (χ2n) is 4.17. The van der Waals surface area contributed by atoms with E-state index in [2.05, 4.69) is 21.2 Å². The number of nitrogens with one attached hydrogen (secondary N) is 1. The third-order valence-electron chi connectivity index (χ3n) is 3.26. The summed E-state index contributed by atoms with van der Waals surface area (Å²) in [6.45, 7) is 3.80. The van der Waals surface area contributed by atoms with Crippen molar-refractivity contribution in [2.24, 2.45) is 0 Å². The molecule has 0 amide bonds. The van der Waals surface area contributed by atoms with E-state index in [0.717, 1.165) is 0 Å². The van der Waals surface area contributed by atoms with Gasteiger partial charge >= 0.3 is 0 Å². The normalized spacial score (nSPS) is 11.1. The Hall–Kier alpha value is -1.12. The Bertz CT molecular complexity index is 459. The molecule has 1 aromatic rings. The van der Waals surface area contributed by atoms with Crippen LogP contribution in [0.15, 0.2) is 16.6 Å². The highest BCUT2D eigenvalue weighted by molar-refractivity contribution is 9.10. The number of nitrogens with zero attached hydrogens (tertiary/aromatic N) is 1. The predicted octanol–water partition coefficient (Wildman–Crippen LogP) is 3.42. The molecular weight excluding hydrogens is 299 g/mol. The molecule has 0 bridgehead atoms. The molecule has 0 aliphatic heterocycles. The molecule has 1 aromatic carbocycles. The molecular formula is C13H16BrFN2O. The maximum Gasteiger partial charge on any atom is 0.161 e. The highest BCUT2D eigenvalue weighted by atomic mass is 79.9. The van der Waals surface area contributed by atoms with Crippen molar-refractivity contribution < 1.29 is 9.50 Å². The van der Waals surface area contributed by atoms with Crippen LogP contribution in [0.4, 0.5) is 10.1 Å². The minimum absolute atomic E-state index is 0.0724. The summed E-state index contributed by atoms with van der Waals surface area (Å²) in [6, 6.07) is 4.97. The van der Waals surface area contributed by atoms with Crippen molar-refractivity contribution in [3.8, 4) is 6.07 Å². The fourth-order valence-electron chi connectivity index (χ4n) is 1.71. The molecule has 0 fully saturated rings. The van der Waals surface area contributed by atoms with Crippen LogP contribution in [0.2, 0.25) is 0 Å². The van der Waals surface area contributed by atoms with Gasteiger partial charge in [0, 0.05) is 0 Å². The Kier molecular flexibility index (Phi) is 5.12. The number of rotatable bonds is 5. The summed E-state index contributed by atoms with van der Waals surface area (Å²) in [5.74, 6) is -0.506. The van der Waals surface area contributed by atoms with Crippen LogP contribution in [0.3, 0.4) is 0 Å². The van der Waals surface area contributed by atoms with Crippen LogP contribution >= 0.6 is 15.9 Å². The lowest BCUT2D eigenvalue weighted by Crippen LogP contribution is -2.41. The first-order valence-electron chi connectivity index (χ1n) is 5.80. The van der Waals surface area contributed by atoms with Crippen LogP contribution < -0.4 is 5.32 Å². The summed E-state index contributed by atoms with van der Waals surface area (Å²) in [4.78, 5) is 0. The van der Waals surface area contributed by atoms with Crippen LogP contribution in [0.1, 0.15) is 32.3 Å². The first kappa shape index (κ1) is 14.9. The van der Waals surface area contributed by atoms with Gasteiger partial charge in [-0.3, -0.25) is 0 Å². The molecule has 3 nitrogen and oxygen atoms in total. The van der Waals surface area contributed by atoms with Crippen LogP contribution in [-0.2, 0) is 0 Å². The smallest absolute Gasteiger partial charge is 0.161 e. The molecule has 98 valence electrons. The van der Waals surface area contributed by atoms with Crippen molar-refractivity contribution in [3.05, 3.63) is 28.0 Å². The van der Waals surface area contributed by atoms with E-state index in [1.165, 1.54) is 6.07 Å². The highest BCUT2D eigenvalue weighted by Gasteiger charge is 2.26. The van der Waals surface area contributed by atoms with E-state index in [1.807, 2.05) is 19.9 Å². The zero-order chi connectivity index (χ0) is 13.8. The van der Waals surface area contributed by atoms with E-state index >= 15 is 0 Å². The third-order valence-corrected chi connectivity index (χ3v) is 4.03. The average Bonchev–Trinajstić information content (AvgIpc) is 2.41. The summed E-state index contributed by atoms with van der Waals surface area (Å²) in [5.41, 5.74) is 0.00770. The molecule has 0 atom stereocenters.